The summed E-state index contributed by atoms with van der Waals surface area (Å²) >= 11 is 7.10. The molecule has 108 valence electrons. The molecule has 0 bridgehead atoms. The zero-order chi connectivity index (χ0) is 14.5. The fourth-order valence-electron chi connectivity index (χ4n) is 1.45. The van der Waals surface area contributed by atoms with Crippen molar-refractivity contribution in [2.45, 2.75) is 19.4 Å². The number of ether oxygens (including phenoxy) is 1. The van der Waals surface area contributed by atoms with Gasteiger partial charge in [-0.3, -0.25) is 14.8 Å². The van der Waals surface area contributed by atoms with Crippen molar-refractivity contribution in [3.63, 3.8) is 0 Å². The number of aromatic nitrogens is 4. The summed E-state index contributed by atoms with van der Waals surface area (Å²) in [4.78, 5) is 12.0. The molecule has 0 aliphatic carbocycles. The lowest BCUT2D eigenvalue weighted by Gasteiger charge is -2.10. The van der Waals surface area contributed by atoms with Gasteiger partial charge in [0.1, 0.15) is 11.0 Å². The first-order valence-corrected chi connectivity index (χ1v) is 7.11. The number of carbonyl (C=O) groups is 1. The van der Waals surface area contributed by atoms with Crippen LogP contribution in [0.3, 0.4) is 0 Å². The van der Waals surface area contributed by atoms with Crippen LogP contribution in [0.25, 0.3) is 0 Å². The summed E-state index contributed by atoms with van der Waals surface area (Å²) in [6, 6.07) is -0.478. The van der Waals surface area contributed by atoms with Crippen LogP contribution in [0.1, 0.15) is 18.0 Å². The molecule has 2 aromatic rings. The topological polar surface area (TPSA) is 81.9 Å². The third kappa shape index (κ3) is 3.75. The normalized spacial score (nSPS) is 12.3. The van der Waals surface area contributed by atoms with Crippen LogP contribution in [0, 0.1) is 0 Å². The monoisotopic (exact) mass is 315 g/mol. The van der Waals surface area contributed by atoms with Crippen LogP contribution < -0.4 is 5.32 Å². The Hall–Kier alpha value is -1.51. The molecule has 0 aliphatic rings. The SMILES string of the molecule is COCCc1nnc(NC(=O)[C@H](C)n2cc(Cl)cn2)s1. The van der Waals surface area contributed by atoms with Gasteiger partial charge >= 0.3 is 0 Å². The minimum Gasteiger partial charge on any atom is -0.384 e. The molecule has 9 heteroatoms. The predicted molar refractivity (Wildman–Crippen MR) is 76.1 cm³/mol. The van der Waals surface area contributed by atoms with Gasteiger partial charge in [-0.05, 0) is 6.92 Å². The van der Waals surface area contributed by atoms with E-state index in [9.17, 15) is 4.79 Å². The predicted octanol–water partition coefficient (Wildman–Crippen LogP) is 1.78. The first-order valence-electron chi connectivity index (χ1n) is 5.92. The van der Waals surface area contributed by atoms with Crippen molar-refractivity contribution in [3.05, 3.63) is 22.4 Å². The van der Waals surface area contributed by atoms with Crippen LogP contribution in [0.15, 0.2) is 12.4 Å². The molecular formula is C11H14ClN5O2S. The summed E-state index contributed by atoms with van der Waals surface area (Å²) in [7, 11) is 1.63. The van der Waals surface area contributed by atoms with E-state index >= 15 is 0 Å². The molecule has 2 aromatic heterocycles. The van der Waals surface area contributed by atoms with E-state index in [-0.39, 0.29) is 5.91 Å². The van der Waals surface area contributed by atoms with Crippen LogP contribution in [-0.2, 0) is 16.0 Å². The summed E-state index contributed by atoms with van der Waals surface area (Å²) in [5, 5.41) is 16.4. The largest absolute Gasteiger partial charge is 0.384 e. The molecular weight excluding hydrogens is 302 g/mol. The van der Waals surface area contributed by atoms with E-state index in [1.54, 1.807) is 20.2 Å². The number of nitrogens with zero attached hydrogens (tertiary/aromatic N) is 4. The molecule has 2 rings (SSSR count). The average molecular weight is 316 g/mol. The molecule has 0 fully saturated rings. The van der Waals surface area contributed by atoms with Crippen molar-refractivity contribution >= 4 is 34.0 Å². The Kier molecular flexibility index (Phi) is 5.05. The molecule has 2 heterocycles. The van der Waals surface area contributed by atoms with Crippen molar-refractivity contribution in [1.82, 2.24) is 20.0 Å². The van der Waals surface area contributed by atoms with E-state index in [4.69, 9.17) is 16.3 Å². The number of halogens is 1. The van der Waals surface area contributed by atoms with Gasteiger partial charge in [-0.15, -0.1) is 10.2 Å². The van der Waals surface area contributed by atoms with Gasteiger partial charge in [0, 0.05) is 19.7 Å². The van der Waals surface area contributed by atoms with Crippen molar-refractivity contribution in [2.24, 2.45) is 0 Å². The van der Waals surface area contributed by atoms with Gasteiger partial charge < -0.3 is 4.74 Å². The lowest BCUT2D eigenvalue weighted by atomic mass is 10.3. The summed E-state index contributed by atoms with van der Waals surface area (Å²) < 4.78 is 6.45. The number of rotatable bonds is 6. The highest BCUT2D eigenvalue weighted by molar-refractivity contribution is 7.15. The Balaban J connectivity index is 1.95. The quantitative estimate of drug-likeness (QED) is 0.878. The molecule has 1 amide bonds. The number of amides is 1. The van der Waals surface area contributed by atoms with Gasteiger partial charge in [-0.25, -0.2) is 0 Å². The van der Waals surface area contributed by atoms with E-state index in [1.807, 2.05) is 0 Å². The van der Waals surface area contributed by atoms with Gasteiger partial charge in [0.25, 0.3) is 5.91 Å². The summed E-state index contributed by atoms with van der Waals surface area (Å²) in [6.45, 7) is 2.30. The molecule has 1 N–H and O–H groups in total. The van der Waals surface area contributed by atoms with E-state index in [0.717, 1.165) is 5.01 Å². The molecule has 0 radical (unpaired) electrons. The Bertz CT molecular complexity index is 585. The molecule has 0 spiro atoms. The second-order valence-corrected chi connectivity index (χ2v) is 5.55. The van der Waals surface area contributed by atoms with Gasteiger partial charge in [-0.2, -0.15) is 5.10 Å². The molecule has 0 saturated carbocycles. The number of methoxy groups -OCH3 is 1. The molecule has 0 unspecified atom stereocenters. The third-order valence-corrected chi connectivity index (χ3v) is 3.66. The fourth-order valence-corrected chi connectivity index (χ4v) is 2.32. The summed E-state index contributed by atoms with van der Waals surface area (Å²) in [5.41, 5.74) is 0. The first-order chi connectivity index (χ1) is 9.60. The number of anilines is 1. The van der Waals surface area contributed by atoms with E-state index in [1.165, 1.54) is 22.2 Å². The highest BCUT2D eigenvalue weighted by Crippen LogP contribution is 2.18. The highest BCUT2D eigenvalue weighted by atomic mass is 35.5. The van der Waals surface area contributed by atoms with Crippen LogP contribution in [0.2, 0.25) is 5.02 Å². The molecule has 20 heavy (non-hydrogen) atoms. The van der Waals surface area contributed by atoms with Gasteiger partial charge in [0.05, 0.1) is 17.8 Å². The minimum atomic E-state index is -0.478. The number of nitrogens with one attached hydrogen (secondary N) is 1. The van der Waals surface area contributed by atoms with Crippen molar-refractivity contribution in [3.8, 4) is 0 Å². The second-order valence-electron chi connectivity index (χ2n) is 4.05. The Labute approximate surface area is 124 Å². The molecule has 0 aromatic carbocycles. The van der Waals surface area contributed by atoms with Crippen molar-refractivity contribution in [1.29, 1.82) is 0 Å². The Morgan fingerprint density at radius 3 is 3.05 bits per heavy atom. The molecule has 7 nitrogen and oxygen atoms in total. The number of hydrogen-bond acceptors (Lipinski definition) is 6. The average Bonchev–Trinajstić information content (AvgIpc) is 3.04. The molecule has 0 aliphatic heterocycles. The van der Waals surface area contributed by atoms with E-state index in [2.05, 4.69) is 20.6 Å². The number of carbonyl (C=O) groups excluding carboxylic acids is 1. The summed E-state index contributed by atoms with van der Waals surface area (Å²) in [5.74, 6) is -0.223. The zero-order valence-corrected chi connectivity index (χ0v) is 12.6. The van der Waals surface area contributed by atoms with E-state index < -0.39 is 6.04 Å². The van der Waals surface area contributed by atoms with Gasteiger partial charge in [0.2, 0.25) is 5.13 Å². The molecule has 0 saturated heterocycles. The van der Waals surface area contributed by atoms with Crippen molar-refractivity contribution < 1.29 is 9.53 Å². The summed E-state index contributed by atoms with van der Waals surface area (Å²) in [6.07, 6.45) is 3.75. The third-order valence-electron chi connectivity index (χ3n) is 2.56. The Morgan fingerprint density at radius 2 is 2.40 bits per heavy atom. The smallest absolute Gasteiger partial charge is 0.250 e. The van der Waals surface area contributed by atoms with E-state index in [0.29, 0.717) is 23.2 Å². The standard InChI is InChI=1S/C11H14ClN5O2S/c1-7(17-6-8(12)5-13-17)10(18)14-11-16-15-9(20-11)3-4-19-2/h5-7H,3-4H2,1-2H3,(H,14,16,18)/t7-/m0/s1. The van der Waals surface area contributed by atoms with Crippen LogP contribution in [0.4, 0.5) is 5.13 Å². The second kappa shape index (κ2) is 6.78. The minimum absolute atomic E-state index is 0.223. The zero-order valence-electron chi connectivity index (χ0n) is 11.0. The first kappa shape index (κ1) is 14.9. The van der Waals surface area contributed by atoms with Crippen LogP contribution in [-0.4, -0.2) is 39.6 Å². The fraction of sp³-hybridized carbons (Fsp3) is 0.455. The Morgan fingerprint density at radius 1 is 1.60 bits per heavy atom. The molecule has 1 atom stereocenters. The maximum atomic E-state index is 12.0. The maximum Gasteiger partial charge on any atom is 0.250 e. The van der Waals surface area contributed by atoms with Crippen LogP contribution in [0.5, 0.6) is 0 Å². The van der Waals surface area contributed by atoms with Gasteiger partial charge in [-0.1, -0.05) is 22.9 Å². The van der Waals surface area contributed by atoms with Crippen LogP contribution >= 0.6 is 22.9 Å². The lowest BCUT2D eigenvalue weighted by Crippen LogP contribution is -2.23. The lowest BCUT2D eigenvalue weighted by molar-refractivity contribution is -0.119. The van der Waals surface area contributed by atoms with Crippen molar-refractivity contribution in [2.75, 3.05) is 19.0 Å². The highest BCUT2D eigenvalue weighted by Gasteiger charge is 2.17. The maximum absolute atomic E-state index is 12.0. The van der Waals surface area contributed by atoms with Gasteiger partial charge in [0.15, 0.2) is 0 Å². The number of hydrogen-bond donors (Lipinski definition) is 1.